The molecule has 1 radical (unpaired) electrons. The largest absolute Gasteiger partial charge is 0.481 e. The number of carbonyl (C=O) groups is 3. The summed E-state index contributed by atoms with van der Waals surface area (Å²) in [6.07, 6.45) is 1.83. The molecule has 0 aliphatic rings. The van der Waals surface area contributed by atoms with Gasteiger partial charge in [-0.3, -0.25) is 24.5 Å². The summed E-state index contributed by atoms with van der Waals surface area (Å²) in [4.78, 5) is 49.8. The van der Waals surface area contributed by atoms with Gasteiger partial charge in [0.1, 0.15) is 10.8 Å². The van der Waals surface area contributed by atoms with Crippen molar-refractivity contribution in [1.82, 2.24) is 15.6 Å². The SMILES string of the molecule is O=C(O)CC(NC(=O)CNC(=O)CCCNc1ccccn1)c1ccc(Cl)c([N+](=O)[O-])c1.[Na]. The van der Waals surface area contributed by atoms with Crippen LogP contribution in [0.4, 0.5) is 11.5 Å². The van der Waals surface area contributed by atoms with Crippen molar-refractivity contribution in [3.8, 4) is 0 Å². The Bertz CT molecular complexity index is 979. The molecule has 0 fully saturated rings. The van der Waals surface area contributed by atoms with Crippen molar-refractivity contribution in [3.05, 3.63) is 63.3 Å². The number of amides is 2. The third-order valence-corrected chi connectivity index (χ3v) is 4.60. The van der Waals surface area contributed by atoms with Crippen LogP contribution >= 0.6 is 11.6 Å². The number of carboxylic acid groups (broad SMARTS) is 1. The van der Waals surface area contributed by atoms with Crippen molar-refractivity contribution in [3.63, 3.8) is 0 Å². The number of halogens is 1. The number of nitrogens with one attached hydrogen (secondary N) is 3. The number of nitro groups is 1. The Kier molecular flexibility index (Phi) is 12.4. The van der Waals surface area contributed by atoms with Crippen LogP contribution < -0.4 is 16.0 Å². The zero-order valence-corrected chi connectivity index (χ0v) is 20.7. The van der Waals surface area contributed by atoms with Gasteiger partial charge in [-0.05, 0) is 30.2 Å². The summed E-state index contributed by atoms with van der Waals surface area (Å²) in [6.45, 7) is 0.158. The first kappa shape index (κ1) is 28.3. The van der Waals surface area contributed by atoms with Crippen molar-refractivity contribution in [2.24, 2.45) is 0 Å². The topological polar surface area (TPSA) is 164 Å². The molecule has 0 bridgehead atoms. The molecule has 33 heavy (non-hydrogen) atoms. The molecule has 0 saturated heterocycles. The van der Waals surface area contributed by atoms with Crippen molar-refractivity contribution in [2.75, 3.05) is 18.4 Å². The van der Waals surface area contributed by atoms with E-state index in [9.17, 15) is 24.5 Å². The van der Waals surface area contributed by atoms with Gasteiger partial charge in [0.2, 0.25) is 11.8 Å². The summed E-state index contributed by atoms with van der Waals surface area (Å²) in [5.41, 5.74) is -0.190. The number of pyridine rings is 1. The van der Waals surface area contributed by atoms with E-state index in [1.165, 1.54) is 12.1 Å². The molecule has 0 aliphatic heterocycles. The maximum Gasteiger partial charge on any atom is 0.305 e. The Morgan fingerprint density at radius 3 is 2.58 bits per heavy atom. The monoisotopic (exact) mass is 486 g/mol. The zero-order valence-electron chi connectivity index (χ0n) is 17.9. The molecule has 2 aromatic rings. The Labute approximate surface area is 216 Å². The molecule has 2 rings (SSSR count). The predicted octanol–water partition coefficient (Wildman–Crippen LogP) is 1.90. The van der Waals surface area contributed by atoms with E-state index in [1.807, 2.05) is 6.07 Å². The number of nitrogens with zero attached hydrogens (tertiary/aromatic N) is 2. The molecule has 1 atom stereocenters. The van der Waals surface area contributed by atoms with Gasteiger partial charge in [0.25, 0.3) is 5.69 Å². The van der Waals surface area contributed by atoms with Crippen LogP contribution in [0.2, 0.25) is 5.02 Å². The van der Waals surface area contributed by atoms with Gasteiger partial charge in [-0.25, -0.2) is 4.98 Å². The van der Waals surface area contributed by atoms with E-state index in [4.69, 9.17) is 16.7 Å². The second kappa shape index (κ2) is 14.4. The Balaban J connectivity index is 0.00000544. The van der Waals surface area contributed by atoms with Gasteiger partial charge in [0, 0.05) is 54.8 Å². The molecule has 1 unspecified atom stereocenters. The normalized spacial score (nSPS) is 10.9. The average Bonchev–Trinajstić information content (AvgIpc) is 2.75. The third kappa shape index (κ3) is 10.2. The third-order valence-electron chi connectivity index (χ3n) is 4.28. The molecule has 2 amide bonds. The van der Waals surface area contributed by atoms with E-state index in [0.717, 1.165) is 6.07 Å². The number of nitro benzene ring substituents is 1. The molecule has 1 aromatic carbocycles. The van der Waals surface area contributed by atoms with Crippen molar-refractivity contribution in [2.45, 2.75) is 25.3 Å². The van der Waals surface area contributed by atoms with Crippen LogP contribution in [0.5, 0.6) is 0 Å². The Hall–Kier alpha value is -2.73. The quantitative estimate of drug-likeness (QED) is 0.153. The van der Waals surface area contributed by atoms with E-state index in [-0.39, 0.29) is 59.0 Å². The average molecular weight is 487 g/mol. The molecule has 1 aromatic heterocycles. The first-order valence-electron chi connectivity index (χ1n) is 9.63. The van der Waals surface area contributed by atoms with Crippen LogP contribution in [0, 0.1) is 10.1 Å². The fraction of sp³-hybridized carbons (Fsp3) is 0.300. The number of hydrogen-bond donors (Lipinski definition) is 4. The number of benzene rings is 1. The summed E-state index contributed by atoms with van der Waals surface area (Å²) < 4.78 is 0. The molecule has 171 valence electrons. The molecule has 0 aliphatic carbocycles. The van der Waals surface area contributed by atoms with Gasteiger partial charge in [-0.2, -0.15) is 0 Å². The standard InChI is InChI=1S/C20H22ClN5O6.Na/c21-14-7-6-13(10-16(14)26(31)32)15(11-20(29)30)25-19(28)12-24-18(27)5-3-9-23-17-4-1-2-8-22-17;/h1-2,4,6-8,10,15H,3,5,9,11-12H2,(H,22,23)(H,24,27)(H,25,28)(H,29,30);. The first-order chi connectivity index (χ1) is 15.3. The minimum atomic E-state index is -1.21. The van der Waals surface area contributed by atoms with Crippen LogP contribution in [0.25, 0.3) is 0 Å². The van der Waals surface area contributed by atoms with Crippen LogP contribution in [-0.2, 0) is 14.4 Å². The van der Waals surface area contributed by atoms with Crippen LogP contribution in [-0.4, -0.2) is 75.4 Å². The summed E-state index contributed by atoms with van der Waals surface area (Å²) in [5.74, 6) is -1.50. The van der Waals surface area contributed by atoms with Gasteiger partial charge >= 0.3 is 5.97 Å². The van der Waals surface area contributed by atoms with Gasteiger partial charge in [-0.15, -0.1) is 0 Å². The second-order valence-corrected chi connectivity index (χ2v) is 7.12. The van der Waals surface area contributed by atoms with E-state index < -0.39 is 34.9 Å². The molecule has 0 spiro atoms. The van der Waals surface area contributed by atoms with Crippen LogP contribution in [0.15, 0.2) is 42.6 Å². The number of rotatable bonds is 12. The zero-order chi connectivity index (χ0) is 23.5. The maximum absolute atomic E-state index is 12.2. The van der Waals surface area contributed by atoms with Gasteiger partial charge in [0.05, 0.1) is 23.9 Å². The van der Waals surface area contributed by atoms with E-state index >= 15 is 0 Å². The Morgan fingerprint density at radius 2 is 1.94 bits per heavy atom. The number of aliphatic carboxylic acids is 1. The molecular weight excluding hydrogens is 465 g/mol. The van der Waals surface area contributed by atoms with Gasteiger partial charge in [-0.1, -0.05) is 23.7 Å². The van der Waals surface area contributed by atoms with Gasteiger partial charge in [0.15, 0.2) is 0 Å². The summed E-state index contributed by atoms with van der Waals surface area (Å²) in [5, 5.41) is 28.1. The van der Waals surface area contributed by atoms with Crippen molar-refractivity contribution in [1.29, 1.82) is 0 Å². The van der Waals surface area contributed by atoms with Gasteiger partial charge < -0.3 is 21.1 Å². The maximum atomic E-state index is 12.2. The smallest absolute Gasteiger partial charge is 0.305 e. The fourth-order valence-corrected chi connectivity index (χ4v) is 2.95. The minimum absolute atomic E-state index is 0. The molecule has 4 N–H and O–H groups in total. The summed E-state index contributed by atoms with van der Waals surface area (Å²) in [6, 6.07) is 8.17. The van der Waals surface area contributed by atoms with Crippen molar-refractivity contribution < 1.29 is 24.4 Å². The summed E-state index contributed by atoms with van der Waals surface area (Å²) >= 11 is 5.78. The van der Waals surface area contributed by atoms with Crippen LogP contribution in [0.3, 0.4) is 0 Å². The van der Waals surface area contributed by atoms with E-state index in [1.54, 1.807) is 18.3 Å². The number of carboxylic acids is 1. The van der Waals surface area contributed by atoms with E-state index in [0.29, 0.717) is 18.8 Å². The fourth-order valence-electron chi connectivity index (χ4n) is 2.76. The van der Waals surface area contributed by atoms with Crippen molar-refractivity contribution >= 4 is 70.4 Å². The second-order valence-electron chi connectivity index (χ2n) is 6.71. The first-order valence-corrected chi connectivity index (χ1v) is 10.0. The number of anilines is 1. The molecule has 1 heterocycles. The summed E-state index contributed by atoms with van der Waals surface area (Å²) in [7, 11) is 0. The molecule has 0 saturated carbocycles. The minimum Gasteiger partial charge on any atom is -0.481 e. The number of carbonyl (C=O) groups excluding carboxylic acids is 2. The number of aromatic nitrogens is 1. The molecular formula is C20H22ClN5NaO6. The molecule has 13 heteroatoms. The van der Waals surface area contributed by atoms with Crippen LogP contribution in [0.1, 0.15) is 30.9 Å². The van der Waals surface area contributed by atoms with E-state index in [2.05, 4.69) is 20.9 Å². The Morgan fingerprint density at radius 1 is 1.18 bits per heavy atom. The predicted molar refractivity (Wildman–Crippen MR) is 122 cm³/mol. The molecule has 11 nitrogen and oxygen atoms in total. The number of hydrogen-bond acceptors (Lipinski definition) is 7.